The highest BCUT2D eigenvalue weighted by Gasteiger charge is 2.18. The Hall–Kier alpha value is -1.81. The van der Waals surface area contributed by atoms with Crippen LogP contribution in [0.2, 0.25) is 0 Å². The molecule has 0 spiro atoms. The standard InChI is InChI=1S/C6H7N4O2S/c7-5-1-3-6(4-2-5)13(11,12)10-9-8/h1-4,10H,7H2/q+1. The highest BCUT2D eigenvalue weighted by Crippen LogP contribution is 2.10. The summed E-state index contributed by atoms with van der Waals surface area (Å²) in [6, 6.07) is 5.49. The van der Waals surface area contributed by atoms with Gasteiger partial charge >= 0.3 is 15.1 Å². The Balaban J connectivity index is 3.11. The van der Waals surface area contributed by atoms with Crippen LogP contribution >= 0.6 is 0 Å². The largest absolute Gasteiger partial charge is 0.399 e. The van der Waals surface area contributed by atoms with Crippen LogP contribution < -0.4 is 10.6 Å². The molecule has 13 heavy (non-hydrogen) atoms. The predicted octanol–water partition coefficient (Wildman–Crippen LogP) is 0.315. The normalized spacial score (nSPS) is 10.4. The number of nitrogens with two attached hydrogens (primary N) is 1. The molecule has 1 aromatic rings. The number of benzene rings is 1. The minimum absolute atomic E-state index is 0.0144. The minimum Gasteiger partial charge on any atom is -0.399 e. The summed E-state index contributed by atoms with van der Waals surface area (Å²) in [4.78, 5) is 1.56. The lowest BCUT2D eigenvalue weighted by Crippen LogP contribution is -2.15. The van der Waals surface area contributed by atoms with Crippen molar-refractivity contribution in [3.63, 3.8) is 0 Å². The van der Waals surface area contributed by atoms with Crippen molar-refractivity contribution >= 4 is 15.7 Å². The quantitative estimate of drug-likeness (QED) is 0.406. The van der Waals surface area contributed by atoms with Crippen LogP contribution in [0.1, 0.15) is 0 Å². The summed E-state index contributed by atoms with van der Waals surface area (Å²) in [5.41, 5.74) is 5.81. The maximum Gasteiger partial charge on any atom is 0.323 e. The van der Waals surface area contributed by atoms with Gasteiger partial charge in [-0.25, -0.2) is 0 Å². The molecule has 0 aromatic heterocycles. The van der Waals surface area contributed by atoms with Gasteiger partial charge in [0.1, 0.15) is 0 Å². The molecule has 1 rings (SSSR count). The van der Waals surface area contributed by atoms with Crippen LogP contribution in [-0.4, -0.2) is 8.42 Å². The van der Waals surface area contributed by atoms with E-state index in [0.717, 1.165) is 0 Å². The van der Waals surface area contributed by atoms with Crippen LogP contribution in [-0.2, 0) is 10.0 Å². The third-order valence-corrected chi connectivity index (χ3v) is 2.57. The fourth-order valence-corrected chi connectivity index (χ4v) is 1.46. The van der Waals surface area contributed by atoms with Crippen LogP contribution in [0, 0.1) is 5.39 Å². The summed E-state index contributed by atoms with van der Waals surface area (Å²) < 4.78 is 22.3. The highest BCUT2D eigenvalue weighted by molar-refractivity contribution is 7.89. The van der Waals surface area contributed by atoms with E-state index in [-0.39, 0.29) is 4.90 Å². The average molecular weight is 199 g/mol. The van der Waals surface area contributed by atoms with Crippen LogP contribution in [0.5, 0.6) is 0 Å². The molecule has 3 N–H and O–H groups in total. The van der Waals surface area contributed by atoms with Crippen molar-refractivity contribution in [1.82, 2.24) is 4.83 Å². The second kappa shape index (κ2) is 3.28. The number of hydrogen-bond acceptors (Lipinski definition) is 4. The fourth-order valence-electron chi connectivity index (χ4n) is 0.753. The number of sulfonamides is 1. The Morgan fingerprint density at radius 3 is 2.31 bits per heavy atom. The lowest BCUT2D eigenvalue weighted by Gasteiger charge is -1.95. The third kappa shape index (κ3) is 2.07. The molecule has 0 heterocycles. The van der Waals surface area contributed by atoms with Gasteiger partial charge in [-0.1, -0.05) is 0 Å². The van der Waals surface area contributed by atoms with Gasteiger partial charge in [-0.2, -0.15) is 8.42 Å². The van der Waals surface area contributed by atoms with Gasteiger partial charge in [0, 0.05) is 5.69 Å². The molecule has 0 bridgehead atoms. The van der Waals surface area contributed by atoms with Gasteiger partial charge in [-0.15, -0.1) is 0 Å². The first kappa shape index (κ1) is 9.28. The first-order valence-corrected chi connectivity index (χ1v) is 4.76. The highest BCUT2D eigenvalue weighted by atomic mass is 32.2. The summed E-state index contributed by atoms with van der Waals surface area (Å²) in [6.45, 7) is 0. The number of nitrogens with zero attached hydrogens (tertiary/aromatic N) is 2. The molecule has 0 unspecified atom stereocenters. The molecule has 0 aliphatic rings. The Morgan fingerprint density at radius 2 is 1.85 bits per heavy atom. The van der Waals surface area contributed by atoms with Gasteiger partial charge in [0.05, 0.1) is 9.73 Å². The second-order valence-corrected chi connectivity index (χ2v) is 3.92. The van der Waals surface area contributed by atoms with Crippen LogP contribution in [0.3, 0.4) is 0 Å². The van der Waals surface area contributed by atoms with Crippen LogP contribution in [0.25, 0.3) is 5.08 Å². The number of nitrogens with one attached hydrogen (secondary N) is 1. The Kier molecular flexibility index (Phi) is 2.34. The molecule has 0 saturated heterocycles. The fraction of sp³-hybridized carbons (Fsp3) is 0. The first-order valence-electron chi connectivity index (χ1n) is 3.28. The van der Waals surface area contributed by atoms with E-state index in [4.69, 9.17) is 11.1 Å². The second-order valence-electron chi connectivity index (χ2n) is 2.26. The van der Waals surface area contributed by atoms with E-state index >= 15 is 0 Å². The van der Waals surface area contributed by atoms with Gasteiger partial charge in [0.25, 0.3) is 5.39 Å². The van der Waals surface area contributed by atoms with Gasteiger partial charge in [-0.05, 0) is 24.3 Å². The zero-order chi connectivity index (χ0) is 9.90. The van der Waals surface area contributed by atoms with E-state index in [1.807, 2.05) is 0 Å². The van der Waals surface area contributed by atoms with E-state index < -0.39 is 10.0 Å². The number of nitrogen functional groups attached to an aromatic ring is 1. The summed E-state index contributed by atoms with van der Waals surface area (Å²) >= 11 is 0. The predicted molar refractivity (Wildman–Crippen MR) is 46.3 cm³/mol. The van der Waals surface area contributed by atoms with Crippen molar-refractivity contribution < 1.29 is 8.42 Å². The van der Waals surface area contributed by atoms with E-state index in [2.05, 4.69) is 5.08 Å². The van der Waals surface area contributed by atoms with Crippen LogP contribution in [0.4, 0.5) is 5.69 Å². The Bertz CT molecular complexity index is 431. The van der Waals surface area contributed by atoms with Crippen molar-refractivity contribution in [3.8, 4) is 0 Å². The monoisotopic (exact) mass is 199 g/mol. The first-order chi connectivity index (χ1) is 6.06. The zero-order valence-corrected chi connectivity index (χ0v) is 7.32. The topological polar surface area (TPSA) is 100 Å². The molecule has 0 amide bonds. The van der Waals surface area contributed by atoms with Crippen molar-refractivity contribution in [2.75, 3.05) is 5.73 Å². The van der Waals surface area contributed by atoms with Gasteiger partial charge < -0.3 is 5.73 Å². The van der Waals surface area contributed by atoms with Crippen molar-refractivity contribution in [2.45, 2.75) is 4.90 Å². The van der Waals surface area contributed by atoms with Crippen molar-refractivity contribution in [3.05, 3.63) is 29.4 Å². The van der Waals surface area contributed by atoms with Gasteiger partial charge in [-0.3, -0.25) is 0 Å². The lowest BCUT2D eigenvalue weighted by molar-refractivity contribution is 0.590. The molecular weight excluding hydrogens is 192 g/mol. The molecule has 0 fully saturated rings. The van der Waals surface area contributed by atoms with Crippen molar-refractivity contribution in [1.29, 1.82) is 5.39 Å². The summed E-state index contributed by atoms with van der Waals surface area (Å²) in [6.07, 6.45) is 0. The van der Waals surface area contributed by atoms with Gasteiger partial charge in [0.15, 0.2) is 0 Å². The molecular formula is C6H7N4O2S+. The number of hydrogen-bond donors (Lipinski definition) is 2. The average Bonchev–Trinajstić information content (AvgIpc) is 2.05. The summed E-state index contributed by atoms with van der Waals surface area (Å²) in [5.74, 6) is 0. The number of anilines is 1. The molecule has 7 heteroatoms. The zero-order valence-electron chi connectivity index (χ0n) is 6.51. The molecule has 0 atom stereocenters. The molecule has 6 nitrogen and oxygen atoms in total. The molecule has 0 aliphatic heterocycles. The molecule has 0 saturated carbocycles. The lowest BCUT2D eigenvalue weighted by atomic mass is 10.3. The Morgan fingerprint density at radius 1 is 1.31 bits per heavy atom. The SMILES string of the molecule is N#[N+]NS(=O)(=O)c1ccc(N)cc1. The molecule has 68 valence electrons. The van der Waals surface area contributed by atoms with E-state index in [9.17, 15) is 8.42 Å². The van der Waals surface area contributed by atoms with E-state index in [0.29, 0.717) is 5.69 Å². The molecule has 1 aromatic carbocycles. The third-order valence-electron chi connectivity index (χ3n) is 1.35. The smallest absolute Gasteiger partial charge is 0.323 e. The Labute approximate surface area is 75.0 Å². The molecule has 0 radical (unpaired) electrons. The van der Waals surface area contributed by atoms with E-state index in [1.54, 1.807) is 4.83 Å². The summed E-state index contributed by atoms with van der Waals surface area (Å²) in [5, 5.41) is 10.4. The number of rotatable bonds is 2. The maximum atomic E-state index is 11.1. The van der Waals surface area contributed by atoms with Gasteiger partial charge in [0.2, 0.25) is 0 Å². The maximum absolute atomic E-state index is 11.1. The van der Waals surface area contributed by atoms with E-state index in [1.165, 1.54) is 24.3 Å². The summed E-state index contributed by atoms with van der Waals surface area (Å²) in [7, 11) is -3.75. The number of diazo groups is 1. The van der Waals surface area contributed by atoms with Crippen molar-refractivity contribution in [2.24, 2.45) is 0 Å². The minimum atomic E-state index is -3.75. The van der Waals surface area contributed by atoms with Crippen LogP contribution in [0.15, 0.2) is 29.2 Å². The molecule has 0 aliphatic carbocycles.